The Morgan fingerprint density at radius 3 is 3.00 bits per heavy atom. The van der Waals surface area contributed by atoms with E-state index >= 15 is 0 Å². The van der Waals surface area contributed by atoms with Gasteiger partial charge in [0.05, 0.1) is 12.0 Å². The molecule has 0 N–H and O–H groups in total. The normalized spacial score (nSPS) is 31.0. The molecule has 0 spiro atoms. The molecular formula is C11H19BO3. The molecule has 4 heteroatoms. The van der Waals surface area contributed by atoms with Crippen molar-refractivity contribution >= 4 is 13.1 Å². The van der Waals surface area contributed by atoms with E-state index in [1.54, 1.807) is 0 Å². The number of unbranched alkanes of at least 4 members (excludes halogenated alkanes) is 1. The molecule has 0 unspecified atom stereocenters. The Bertz CT molecular complexity index is 232. The third-order valence-corrected chi connectivity index (χ3v) is 3.37. The van der Waals surface area contributed by atoms with Gasteiger partial charge in [0.15, 0.2) is 0 Å². The van der Waals surface area contributed by atoms with Crippen LogP contribution in [-0.4, -0.2) is 19.2 Å². The fraction of sp³-hybridized carbons (Fsp3) is 0.909. The molecule has 2 rings (SSSR count). The van der Waals surface area contributed by atoms with E-state index in [0.29, 0.717) is 0 Å². The fourth-order valence-corrected chi connectivity index (χ4v) is 2.47. The molecule has 1 saturated carbocycles. The first-order valence-electron chi connectivity index (χ1n) is 6.17. The molecule has 84 valence electrons. The predicted molar refractivity (Wildman–Crippen MR) is 58.4 cm³/mol. The first kappa shape index (κ1) is 11.0. The van der Waals surface area contributed by atoms with Crippen molar-refractivity contribution in [2.75, 3.05) is 0 Å². The summed E-state index contributed by atoms with van der Waals surface area (Å²) in [6, 6.07) is 0. The number of rotatable bonds is 3. The Kier molecular flexibility index (Phi) is 3.68. The lowest BCUT2D eigenvalue weighted by molar-refractivity contribution is -0.152. The van der Waals surface area contributed by atoms with Crippen LogP contribution in [0.2, 0.25) is 6.32 Å². The number of hydrogen-bond acceptors (Lipinski definition) is 3. The van der Waals surface area contributed by atoms with Gasteiger partial charge in [0, 0.05) is 0 Å². The summed E-state index contributed by atoms with van der Waals surface area (Å²) in [5, 5.41) is 0. The minimum atomic E-state index is -0.267. The number of hydrogen-bond donors (Lipinski definition) is 0. The molecular weight excluding hydrogens is 191 g/mol. The van der Waals surface area contributed by atoms with Crippen LogP contribution in [0.5, 0.6) is 0 Å². The second kappa shape index (κ2) is 5.02. The van der Waals surface area contributed by atoms with Crippen LogP contribution in [0, 0.1) is 5.92 Å². The summed E-state index contributed by atoms with van der Waals surface area (Å²) >= 11 is 0. The van der Waals surface area contributed by atoms with Crippen LogP contribution < -0.4 is 0 Å². The molecule has 1 saturated heterocycles. The Morgan fingerprint density at radius 2 is 2.20 bits per heavy atom. The van der Waals surface area contributed by atoms with Gasteiger partial charge in [0.1, 0.15) is 0 Å². The smallest absolute Gasteiger partial charge is 0.509 e. The Hall–Kier alpha value is -0.505. The minimum absolute atomic E-state index is 0.0212. The molecule has 15 heavy (non-hydrogen) atoms. The maximum Gasteiger partial charge on any atom is 0.527 e. The summed E-state index contributed by atoms with van der Waals surface area (Å²) in [6.45, 7) is 2.13. The van der Waals surface area contributed by atoms with Crippen LogP contribution >= 0.6 is 0 Å². The van der Waals surface area contributed by atoms with Crippen molar-refractivity contribution in [1.82, 2.24) is 0 Å². The van der Waals surface area contributed by atoms with Gasteiger partial charge in [0.2, 0.25) is 0 Å². The molecule has 0 aromatic carbocycles. The largest absolute Gasteiger partial charge is 0.527 e. The molecule has 1 aliphatic carbocycles. The lowest BCUT2D eigenvalue weighted by Crippen LogP contribution is -2.47. The van der Waals surface area contributed by atoms with E-state index in [9.17, 15) is 4.79 Å². The molecule has 2 fully saturated rings. The summed E-state index contributed by atoms with van der Waals surface area (Å²) in [7, 11) is -0.267. The highest BCUT2D eigenvalue weighted by Gasteiger charge is 2.42. The van der Waals surface area contributed by atoms with Crippen molar-refractivity contribution in [2.24, 2.45) is 5.92 Å². The first-order valence-corrected chi connectivity index (χ1v) is 6.17. The predicted octanol–water partition coefficient (Wildman–Crippen LogP) is 2.41. The molecule has 2 atom stereocenters. The van der Waals surface area contributed by atoms with E-state index < -0.39 is 0 Å². The first-order chi connectivity index (χ1) is 7.31. The van der Waals surface area contributed by atoms with E-state index in [4.69, 9.17) is 9.31 Å². The Labute approximate surface area is 91.7 Å². The lowest BCUT2D eigenvalue weighted by Gasteiger charge is -2.36. The molecule has 1 heterocycles. The van der Waals surface area contributed by atoms with Gasteiger partial charge in [-0.3, -0.25) is 4.79 Å². The molecule has 0 aromatic heterocycles. The monoisotopic (exact) mass is 210 g/mol. The summed E-state index contributed by atoms with van der Waals surface area (Å²) < 4.78 is 11.1. The van der Waals surface area contributed by atoms with Crippen molar-refractivity contribution in [3.05, 3.63) is 0 Å². The Balaban J connectivity index is 1.90. The highest BCUT2D eigenvalue weighted by molar-refractivity contribution is 6.47. The number of carbonyl (C=O) groups excluding carboxylic acids is 1. The molecule has 0 radical (unpaired) electrons. The third-order valence-electron chi connectivity index (χ3n) is 3.37. The van der Waals surface area contributed by atoms with Gasteiger partial charge in [-0.05, 0) is 19.2 Å². The average Bonchev–Trinajstić information content (AvgIpc) is 2.26. The zero-order valence-corrected chi connectivity index (χ0v) is 9.41. The highest BCUT2D eigenvalue weighted by Crippen LogP contribution is 2.32. The quantitative estimate of drug-likeness (QED) is 0.671. The van der Waals surface area contributed by atoms with Gasteiger partial charge >= 0.3 is 7.12 Å². The molecule has 2 aliphatic rings. The lowest BCUT2D eigenvalue weighted by atomic mass is 9.76. The second-order valence-electron chi connectivity index (χ2n) is 4.57. The third kappa shape index (κ3) is 2.54. The van der Waals surface area contributed by atoms with Crippen LogP contribution in [0.1, 0.15) is 45.4 Å². The van der Waals surface area contributed by atoms with Gasteiger partial charge in [-0.1, -0.05) is 32.6 Å². The van der Waals surface area contributed by atoms with Gasteiger partial charge < -0.3 is 9.31 Å². The van der Waals surface area contributed by atoms with Gasteiger partial charge in [0.25, 0.3) is 5.97 Å². The molecule has 0 amide bonds. The minimum Gasteiger partial charge on any atom is -0.509 e. The van der Waals surface area contributed by atoms with Crippen LogP contribution in [0.4, 0.5) is 0 Å². The van der Waals surface area contributed by atoms with Crippen molar-refractivity contribution in [3.8, 4) is 0 Å². The van der Waals surface area contributed by atoms with Gasteiger partial charge in [-0.15, -0.1) is 0 Å². The molecule has 0 bridgehead atoms. The van der Waals surface area contributed by atoms with E-state index in [1.807, 2.05) is 0 Å². The molecule has 3 nitrogen and oxygen atoms in total. The topological polar surface area (TPSA) is 35.5 Å². The maximum absolute atomic E-state index is 11.7. The van der Waals surface area contributed by atoms with Gasteiger partial charge in [-0.25, -0.2) is 0 Å². The molecule has 1 aliphatic heterocycles. The maximum atomic E-state index is 11.7. The summed E-state index contributed by atoms with van der Waals surface area (Å²) in [5.74, 6) is 0.00341. The SMILES string of the molecule is CCCCB1OC(=O)[C@@H]2CCCC[C@H]2O1. The van der Waals surface area contributed by atoms with Crippen LogP contribution in [0.3, 0.4) is 0 Å². The van der Waals surface area contributed by atoms with E-state index in [1.165, 1.54) is 6.42 Å². The van der Waals surface area contributed by atoms with E-state index in [-0.39, 0.29) is 25.1 Å². The summed E-state index contributed by atoms with van der Waals surface area (Å²) in [4.78, 5) is 11.7. The van der Waals surface area contributed by atoms with Crippen LogP contribution in [0.25, 0.3) is 0 Å². The number of carbonyl (C=O) groups is 1. The molecule has 0 aromatic rings. The zero-order valence-electron chi connectivity index (χ0n) is 9.41. The van der Waals surface area contributed by atoms with Crippen molar-refractivity contribution in [1.29, 1.82) is 0 Å². The van der Waals surface area contributed by atoms with Crippen molar-refractivity contribution < 1.29 is 14.1 Å². The summed E-state index contributed by atoms with van der Waals surface area (Å²) in [6.07, 6.45) is 7.48. The number of fused-ring (bicyclic) bond motifs is 1. The van der Waals surface area contributed by atoms with Crippen LogP contribution in [-0.2, 0) is 14.1 Å². The summed E-state index contributed by atoms with van der Waals surface area (Å²) in [5.41, 5.74) is 0. The van der Waals surface area contributed by atoms with Gasteiger partial charge in [-0.2, -0.15) is 0 Å². The zero-order chi connectivity index (χ0) is 10.7. The fourth-order valence-electron chi connectivity index (χ4n) is 2.47. The Morgan fingerprint density at radius 1 is 1.40 bits per heavy atom. The van der Waals surface area contributed by atoms with Crippen LogP contribution in [0.15, 0.2) is 0 Å². The average molecular weight is 210 g/mol. The van der Waals surface area contributed by atoms with E-state index in [2.05, 4.69) is 6.92 Å². The van der Waals surface area contributed by atoms with Crippen molar-refractivity contribution in [3.63, 3.8) is 0 Å². The standard InChI is InChI=1S/C11H19BO3/c1-2-3-8-12-14-10-7-5-4-6-9(10)11(13)15-12/h9-10H,2-8H2,1H3/t9-,10-/m1/s1. The van der Waals surface area contributed by atoms with Crippen molar-refractivity contribution in [2.45, 2.75) is 57.9 Å². The van der Waals surface area contributed by atoms with E-state index in [0.717, 1.165) is 38.4 Å². The highest BCUT2D eigenvalue weighted by atomic mass is 16.6. The second-order valence-corrected chi connectivity index (χ2v) is 4.57.